The van der Waals surface area contributed by atoms with Crippen LogP contribution in [0.2, 0.25) is 5.02 Å². The number of halogens is 1. The molecule has 25 heavy (non-hydrogen) atoms. The molecule has 5 nitrogen and oxygen atoms in total. The van der Waals surface area contributed by atoms with Crippen LogP contribution in [-0.4, -0.2) is 44.2 Å². The number of amides is 1. The Kier molecular flexibility index (Phi) is 7.10. The molecule has 0 fully saturated rings. The minimum atomic E-state index is -0.330. The molecule has 0 aliphatic rings. The maximum Gasteiger partial charge on any atom is 0.241 e. The number of anilines is 1. The SMILES string of the molecule is COc1ccc(Cl)cc1NC(=O)[C@@H](C)N(C)CCOc1ccccc1. The molecule has 0 radical (unpaired) electrons. The number of hydrogen-bond acceptors (Lipinski definition) is 4. The highest BCUT2D eigenvalue weighted by atomic mass is 35.5. The summed E-state index contributed by atoms with van der Waals surface area (Å²) in [5, 5.41) is 3.40. The Morgan fingerprint density at radius 3 is 2.64 bits per heavy atom. The fourth-order valence-electron chi connectivity index (χ4n) is 2.23. The van der Waals surface area contributed by atoms with Crippen molar-refractivity contribution in [2.45, 2.75) is 13.0 Å². The van der Waals surface area contributed by atoms with Crippen LogP contribution in [0.5, 0.6) is 11.5 Å². The van der Waals surface area contributed by atoms with E-state index in [4.69, 9.17) is 21.1 Å². The Morgan fingerprint density at radius 1 is 1.24 bits per heavy atom. The standard InChI is InChI=1S/C19H23ClN2O3/c1-14(22(2)11-12-25-16-7-5-4-6-8-16)19(23)21-17-13-15(20)9-10-18(17)24-3/h4-10,13-14H,11-12H2,1-3H3,(H,21,23)/t14-/m1/s1. The molecule has 0 saturated heterocycles. The Bertz CT molecular complexity index is 694. The van der Waals surface area contributed by atoms with Crippen LogP contribution in [0.25, 0.3) is 0 Å². The molecule has 0 unspecified atom stereocenters. The molecule has 0 aromatic heterocycles. The van der Waals surface area contributed by atoms with Crippen molar-refractivity contribution in [1.82, 2.24) is 4.90 Å². The Balaban J connectivity index is 1.87. The second-order valence-electron chi connectivity index (χ2n) is 5.65. The van der Waals surface area contributed by atoms with Crippen molar-refractivity contribution in [2.75, 3.05) is 32.6 Å². The highest BCUT2D eigenvalue weighted by Crippen LogP contribution is 2.27. The molecule has 0 saturated carbocycles. The van der Waals surface area contributed by atoms with E-state index in [1.54, 1.807) is 25.3 Å². The van der Waals surface area contributed by atoms with Gasteiger partial charge in [-0.05, 0) is 44.3 Å². The summed E-state index contributed by atoms with van der Waals surface area (Å²) in [5.74, 6) is 1.25. The van der Waals surface area contributed by atoms with Crippen LogP contribution in [-0.2, 0) is 4.79 Å². The van der Waals surface area contributed by atoms with Gasteiger partial charge in [-0.3, -0.25) is 9.69 Å². The molecule has 0 aliphatic carbocycles. The Morgan fingerprint density at radius 2 is 1.96 bits per heavy atom. The van der Waals surface area contributed by atoms with Gasteiger partial charge >= 0.3 is 0 Å². The van der Waals surface area contributed by atoms with Gasteiger partial charge in [-0.2, -0.15) is 0 Å². The van der Waals surface area contributed by atoms with E-state index in [9.17, 15) is 4.79 Å². The van der Waals surface area contributed by atoms with Crippen LogP contribution < -0.4 is 14.8 Å². The topological polar surface area (TPSA) is 50.8 Å². The van der Waals surface area contributed by atoms with Gasteiger partial charge in [0.1, 0.15) is 18.1 Å². The van der Waals surface area contributed by atoms with Crippen LogP contribution in [0.4, 0.5) is 5.69 Å². The number of nitrogens with zero attached hydrogens (tertiary/aromatic N) is 1. The van der Waals surface area contributed by atoms with Crippen LogP contribution in [0, 0.1) is 0 Å². The van der Waals surface area contributed by atoms with Crippen molar-refractivity contribution in [3.05, 3.63) is 53.6 Å². The third-order valence-electron chi connectivity index (χ3n) is 3.92. The van der Waals surface area contributed by atoms with E-state index in [2.05, 4.69) is 5.32 Å². The maximum absolute atomic E-state index is 12.5. The number of carbonyl (C=O) groups is 1. The fraction of sp³-hybridized carbons (Fsp3) is 0.316. The smallest absolute Gasteiger partial charge is 0.241 e. The summed E-state index contributed by atoms with van der Waals surface area (Å²) in [7, 11) is 3.43. The summed E-state index contributed by atoms with van der Waals surface area (Å²) in [5.41, 5.74) is 0.556. The van der Waals surface area contributed by atoms with Gasteiger partial charge in [0, 0.05) is 11.6 Å². The minimum absolute atomic E-state index is 0.136. The van der Waals surface area contributed by atoms with Gasteiger partial charge < -0.3 is 14.8 Å². The summed E-state index contributed by atoms with van der Waals surface area (Å²) < 4.78 is 10.9. The zero-order valence-electron chi connectivity index (χ0n) is 14.7. The van der Waals surface area contributed by atoms with Crippen molar-refractivity contribution in [2.24, 2.45) is 0 Å². The number of para-hydroxylation sites is 1. The van der Waals surface area contributed by atoms with Crippen molar-refractivity contribution in [3.8, 4) is 11.5 Å². The zero-order valence-corrected chi connectivity index (χ0v) is 15.4. The summed E-state index contributed by atoms with van der Waals surface area (Å²) >= 11 is 5.99. The van der Waals surface area contributed by atoms with Gasteiger partial charge in [-0.25, -0.2) is 0 Å². The predicted molar refractivity (Wildman–Crippen MR) is 101 cm³/mol. The molecule has 2 aromatic carbocycles. The lowest BCUT2D eigenvalue weighted by Crippen LogP contribution is -2.41. The first-order chi connectivity index (χ1) is 12.0. The van der Waals surface area contributed by atoms with Gasteiger partial charge in [0.2, 0.25) is 5.91 Å². The third-order valence-corrected chi connectivity index (χ3v) is 4.15. The summed E-state index contributed by atoms with van der Waals surface area (Å²) in [6, 6.07) is 14.4. The fourth-order valence-corrected chi connectivity index (χ4v) is 2.41. The monoisotopic (exact) mass is 362 g/mol. The number of carbonyl (C=O) groups excluding carboxylic acids is 1. The first-order valence-corrected chi connectivity index (χ1v) is 8.41. The lowest BCUT2D eigenvalue weighted by atomic mass is 10.2. The number of methoxy groups -OCH3 is 1. The molecule has 2 rings (SSSR count). The molecule has 0 bridgehead atoms. The van der Waals surface area contributed by atoms with Crippen molar-refractivity contribution < 1.29 is 14.3 Å². The number of nitrogens with one attached hydrogen (secondary N) is 1. The number of hydrogen-bond donors (Lipinski definition) is 1. The van der Waals surface area contributed by atoms with Crippen LogP contribution >= 0.6 is 11.6 Å². The van der Waals surface area contributed by atoms with Gasteiger partial charge in [0.15, 0.2) is 0 Å². The molecule has 1 amide bonds. The van der Waals surface area contributed by atoms with E-state index in [1.807, 2.05) is 49.2 Å². The Labute approximate surface area is 153 Å². The number of ether oxygens (including phenoxy) is 2. The van der Waals surface area contributed by atoms with Gasteiger partial charge in [-0.1, -0.05) is 29.8 Å². The molecule has 0 heterocycles. The average molecular weight is 363 g/mol. The van der Waals surface area contributed by atoms with Crippen LogP contribution in [0.15, 0.2) is 48.5 Å². The van der Waals surface area contributed by atoms with E-state index in [1.165, 1.54) is 0 Å². The average Bonchev–Trinajstić information content (AvgIpc) is 2.62. The summed E-state index contributed by atoms with van der Waals surface area (Å²) in [6.07, 6.45) is 0. The highest BCUT2D eigenvalue weighted by Gasteiger charge is 2.19. The summed E-state index contributed by atoms with van der Waals surface area (Å²) in [6.45, 7) is 2.96. The molecule has 1 N–H and O–H groups in total. The van der Waals surface area contributed by atoms with Crippen molar-refractivity contribution in [3.63, 3.8) is 0 Å². The lowest BCUT2D eigenvalue weighted by molar-refractivity contribution is -0.120. The van der Waals surface area contributed by atoms with Crippen molar-refractivity contribution >= 4 is 23.2 Å². The third kappa shape index (κ3) is 5.66. The summed E-state index contributed by atoms with van der Waals surface area (Å²) in [4.78, 5) is 14.4. The molecule has 6 heteroatoms. The predicted octanol–water partition coefficient (Wildman–Crippen LogP) is 3.69. The van der Waals surface area contributed by atoms with Gasteiger partial charge in [0.25, 0.3) is 0 Å². The maximum atomic E-state index is 12.5. The number of benzene rings is 2. The van der Waals surface area contributed by atoms with Crippen LogP contribution in [0.3, 0.4) is 0 Å². The quantitative estimate of drug-likeness (QED) is 0.778. The highest BCUT2D eigenvalue weighted by molar-refractivity contribution is 6.31. The van der Waals surface area contributed by atoms with Gasteiger partial charge in [0.05, 0.1) is 18.8 Å². The van der Waals surface area contributed by atoms with E-state index in [0.717, 1.165) is 5.75 Å². The van der Waals surface area contributed by atoms with E-state index >= 15 is 0 Å². The molecule has 1 atom stereocenters. The lowest BCUT2D eigenvalue weighted by Gasteiger charge is -2.24. The molecular formula is C19H23ClN2O3. The van der Waals surface area contributed by atoms with E-state index in [0.29, 0.717) is 29.6 Å². The first kappa shape index (κ1) is 19.1. The van der Waals surface area contributed by atoms with Gasteiger partial charge in [-0.15, -0.1) is 0 Å². The number of rotatable bonds is 8. The minimum Gasteiger partial charge on any atom is -0.495 e. The molecule has 0 aliphatic heterocycles. The largest absolute Gasteiger partial charge is 0.495 e. The normalized spacial score (nSPS) is 11.9. The first-order valence-electron chi connectivity index (χ1n) is 8.03. The zero-order chi connectivity index (χ0) is 18.2. The molecular weight excluding hydrogens is 340 g/mol. The molecule has 0 spiro atoms. The number of likely N-dealkylation sites (N-methyl/N-ethyl adjacent to an activating group) is 1. The van der Waals surface area contributed by atoms with Crippen LogP contribution in [0.1, 0.15) is 6.92 Å². The Hall–Kier alpha value is -2.24. The molecule has 2 aromatic rings. The second kappa shape index (κ2) is 9.30. The van der Waals surface area contributed by atoms with E-state index in [-0.39, 0.29) is 11.9 Å². The van der Waals surface area contributed by atoms with Crippen molar-refractivity contribution in [1.29, 1.82) is 0 Å². The molecule has 134 valence electrons. The van der Waals surface area contributed by atoms with E-state index < -0.39 is 0 Å². The second-order valence-corrected chi connectivity index (χ2v) is 6.09.